The summed E-state index contributed by atoms with van der Waals surface area (Å²) in [4.78, 5) is 21.5. The normalized spacial score (nSPS) is 10.5. The maximum Gasteiger partial charge on any atom is 0.251 e. The maximum absolute atomic E-state index is 13.8. The molecule has 0 atom stereocenters. The van der Waals surface area contributed by atoms with E-state index in [-0.39, 0.29) is 18.3 Å². The van der Waals surface area contributed by atoms with Gasteiger partial charge in [-0.25, -0.2) is 14.4 Å². The Morgan fingerprint density at radius 3 is 2.48 bits per heavy atom. The van der Waals surface area contributed by atoms with Gasteiger partial charge < -0.3 is 10.6 Å². The molecule has 0 unspecified atom stereocenters. The third kappa shape index (κ3) is 5.11. The summed E-state index contributed by atoms with van der Waals surface area (Å²) in [5.41, 5.74) is 3.44. The topological polar surface area (TPSA) is 66.9 Å². The molecule has 4 rings (SSSR count). The smallest absolute Gasteiger partial charge is 0.251 e. The van der Waals surface area contributed by atoms with Crippen LogP contribution in [0, 0.1) is 12.7 Å². The lowest BCUT2D eigenvalue weighted by Crippen LogP contribution is -2.23. The molecule has 0 spiro atoms. The first kappa shape index (κ1) is 20.2. The highest BCUT2D eigenvalue weighted by atomic mass is 19.1. The summed E-state index contributed by atoms with van der Waals surface area (Å²) in [6.07, 6.45) is 0. The van der Waals surface area contributed by atoms with Gasteiger partial charge in [-0.2, -0.15) is 0 Å². The lowest BCUT2D eigenvalue weighted by atomic mass is 10.1. The van der Waals surface area contributed by atoms with E-state index in [1.165, 1.54) is 6.07 Å². The zero-order chi connectivity index (χ0) is 21.6. The van der Waals surface area contributed by atoms with Crippen LogP contribution in [0.25, 0.3) is 11.3 Å². The Balaban J connectivity index is 1.49. The van der Waals surface area contributed by atoms with Crippen LogP contribution in [0.3, 0.4) is 0 Å². The molecule has 3 aromatic carbocycles. The minimum Gasteiger partial charge on any atom is -0.348 e. The highest BCUT2D eigenvalue weighted by molar-refractivity contribution is 5.95. The molecule has 0 radical (unpaired) electrons. The molecule has 6 heteroatoms. The first-order valence-electron chi connectivity index (χ1n) is 9.88. The van der Waals surface area contributed by atoms with Crippen molar-refractivity contribution in [1.29, 1.82) is 0 Å². The molecule has 0 aliphatic carbocycles. The van der Waals surface area contributed by atoms with Crippen LogP contribution >= 0.6 is 0 Å². The number of carbonyl (C=O) groups is 1. The van der Waals surface area contributed by atoms with E-state index in [1.807, 2.05) is 49.4 Å². The predicted molar refractivity (Wildman–Crippen MR) is 119 cm³/mol. The van der Waals surface area contributed by atoms with E-state index < -0.39 is 0 Å². The number of rotatable bonds is 6. The summed E-state index contributed by atoms with van der Waals surface area (Å²) in [5.74, 6) is 0.653. The second-order valence-corrected chi connectivity index (χ2v) is 7.03. The number of hydrogen-bond acceptors (Lipinski definition) is 4. The van der Waals surface area contributed by atoms with Crippen molar-refractivity contribution < 1.29 is 9.18 Å². The minimum absolute atomic E-state index is 0.120. The molecule has 0 saturated carbocycles. The predicted octanol–water partition coefficient (Wildman–Crippen LogP) is 5.26. The fourth-order valence-electron chi connectivity index (χ4n) is 3.19. The van der Waals surface area contributed by atoms with Crippen molar-refractivity contribution in [1.82, 2.24) is 15.3 Å². The van der Waals surface area contributed by atoms with Crippen LogP contribution in [0.2, 0.25) is 0 Å². The molecule has 2 N–H and O–H groups in total. The monoisotopic (exact) mass is 412 g/mol. The first-order chi connectivity index (χ1) is 15.1. The Morgan fingerprint density at radius 2 is 1.68 bits per heavy atom. The van der Waals surface area contributed by atoms with Crippen LogP contribution in [0.15, 0.2) is 84.9 Å². The van der Waals surface area contributed by atoms with Crippen molar-refractivity contribution in [3.63, 3.8) is 0 Å². The summed E-state index contributed by atoms with van der Waals surface area (Å²) in [7, 11) is 0. The second kappa shape index (κ2) is 9.17. The molecule has 1 amide bonds. The summed E-state index contributed by atoms with van der Waals surface area (Å²) in [5, 5.41) is 6.00. The third-order valence-electron chi connectivity index (χ3n) is 4.70. The average Bonchev–Trinajstić information content (AvgIpc) is 2.79. The number of nitrogens with one attached hydrogen (secondary N) is 2. The average molecular weight is 412 g/mol. The summed E-state index contributed by atoms with van der Waals surface area (Å²) in [6, 6.07) is 25.2. The summed E-state index contributed by atoms with van der Waals surface area (Å²) >= 11 is 0. The molecule has 0 aliphatic rings. The van der Waals surface area contributed by atoms with Gasteiger partial charge in [-0.15, -0.1) is 0 Å². The number of amides is 1. The van der Waals surface area contributed by atoms with Gasteiger partial charge in [0.1, 0.15) is 17.5 Å². The summed E-state index contributed by atoms with van der Waals surface area (Å²) in [6.45, 7) is 1.96. The van der Waals surface area contributed by atoms with Crippen molar-refractivity contribution >= 4 is 17.4 Å². The number of halogens is 1. The molecule has 0 saturated heterocycles. The van der Waals surface area contributed by atoms with Gasteiger partial charge in [-0.05, 0) is 31.2 Å². The Bertz CT molecular complexity index is 1210. The van der Waals surface area contributed by atoms with Gasteiger partial charge in [0.15, 0.2) is 0 Å². The number of aryl methyl sites for hydroxylation is 1. The van der Waals surface area contributed by atoms with E-state index in [1.54, 1.807) is 36.4 Å². The van der Waals surface area contributed by atoms with Crippen LogP contribution < -0.4 is 10.6 Å². The number of anilines is 2. The molecular weight excluding hydrogens is 391 g/mol. The van der Waals surface area contributed by atoms with Gasteiger partial charge >= 0.3 is 0 Å². The van der Waals surface area contributed by atoms with E-state index in [0.717, 1.165) is 16.9 Å². The standard InChI is InChI=1S/C25H21FN4O/c1-17-28-23(18-8-3-2-4-9-18)15-24(29-17)30-21-12-7-11-19(14-21)25(31)27-16-20-10-5-6-13-22(20)26/h2-15H,16H2,1H3,(H,27,31)(H,28,29,30). The summed E-state index contributed by atoms with van der Waals surface area (Å²) < 4.78 is 13.8. The molecule has 4 aromatic rings. The second-order valence-electron chi connectivity index (χ2n) is 7.03. The van der Waals surface area contributed by atoms with Crippen molar-refractivity contribution in [2.75, 3.05) is 5.32 Å². The van der Waals surface area contributed by atoms with Gasteiger partial charge in [-0.1, -0.05) is 54.6 Å². The SMILES string of the molecule is Cc1nc(Nc2cccc(C(=O)NCc3ccccc3F)c2)cc(-c2ccccc2)n1. The molecule has 0 fully saturated rings. The van der Waals surface area contributed by atoms with Crippen molar-refractivity contribution in [3.05, 3.63) is 108 Å². The van der Waals surface area contributed by atoms with Gasteiger partial charge in [-0.3, -0.25) is 4.79 Å². The number of aromatic nitrogens is 2. The fraction of sp³-hybridized carbons (Fsp3) is 0.0800. The van der Waals surface area contributed by atoms with E-state index >= 15 is 0 Å². The van der Waals surface area contributed by atoms with Gasteiger partial charge in [0.05, 0.1) is 5.69 Å². The van der Waals surface area contributed by atoms with Gasteiger partial charge in [0.25, 0.3) is 5.91 Å². The van der Waals surface area contributed by atoms with E-state index in [0.29, 0.717) is 22.8 Å². The zero-order valence-corrected chi connectivity index (χ0v) is 17.0. The molecule has 154 valence electrons. The first-order valence-corrected chi connectivity index (χ1v) is 9.88. The van der Waals surface area contributed by atoms with Crippen LogP contribution in [0.4, 0.5) is 15.9 Å². The minimum atomic E-state index is -0.341. The van der Waals surface area contributed by atoms with Crippen molar-refractivity contribution in [3.8, 4) is 11.3 Å². The number of benzene rings is 3. The van der Waals surface area contributed by atoms with Crippen LogP contribution in [0.1, 0.15) is 21.7 Å². The van der Waals surface area contributed by atoms with E-state index in [2.05, 4.69) is 20.6 Å². The molecule has 1 aromatic heterocycles. The van der Waals surface area contributed by atoms with Gasteiger partial charge in [0.2, 0.25) is 0 Å². The fourth-order valence-corrected chi connectivity index (χ4v) is 3.19. The molecular formula is C25H21FN4O. The van der Waals surface area contributed by atoms with Crippen molar-refractivity contribution in [2.24, 2.45) is 0 Å². The third-order valence-corrected chi connectivity index (χ3v) is 4.70. The largest absolute Gasteiger partial charge is 0.348 e. The van der Waals surface area contributed by atoms with E-state index in [9.17, 15) is 9.18 Å². The Labute approximate surface area is 180 Å². The van der Waals surface area contributed by atoms with Crippen LogP contribution in [-0.4, -0.2) is 15.9 Å². The quantitative estimate of drug-likeness (QED) is 0.453. The number of carbonyl (C=O) groups excluding carboxylic acids is 1. The molecule has 5 nitrogen and oxygen atoms in total. The lowest BCUT2D eigenvalue weighted by Gasteiger charge is -2.11. The van der Waals surface area contributed by atoms with Crippen LogP contribution in [0.5, 0.6) is 0 Å². The molecule has 31 heavy (non-hydrogen) atoms. The lowest BCUT2D eigenvalue weighted by molar-refractivity contribution is 0.0950. The number of hydrogen-bond donors (Lipinski definition) is 2. The van der Waals surface area contributed by atoms with E-state index in [4.69, 9.17) is 0 Å². The Morgan fingerprint density at radius 1 is 0.903 bits per heavy atom. The highest BCUT2D eigenvalue weighted by Gasteiger charge is 2.09. The van der Waals surface area contributed by atoms with Crippen molar-refractivity contribution in [2.45, 2.75) is 13.5 Å². The Kier molecular flexibility index (Phi) is 5.98. The molecule has 0 aliphatic heterocycles. The zero-order valence-electron chi connectivity index (χ0n) is 17.0. The maximum atomic E-state index is 13.8. The molecule has 0 bridgehead atoms. The van der Waals surface area contributed by atoms with Crippen LogP contribution in [-0.2, 0) is 6.54 Å². The number of nitrogens with zero attached hydrogens (tertiary/aromatic N) is 2. The highest BCUT2D eigenvalue weighted by Crippen LogP contribution is 2.22. The van der Waals surface area contributed by atoms with Gasteiger partial charge in [0, 0.05) is 35.0 Å². The molecule has 1 heterocycles. The Hall–Kier alpha value is -4.06.